The maximum atomic E-state index is 6.46. The van der Waals surface area contributed by atoms with E-state index >= 15 is 0 Å². The lowest BCUT2D eigenvalue weighted by molar-refractivity contribution is 0.0915. The van der Waals surface area contributed by atoms with Crippen molar-refractivity contribution >= 4 is 19.1 Å². The smallest absolute Gasteiger partial charge is 0.137 e. The van der Waals surface area contributed by atoms with Gasteiger partial charge in [-0.1, -0.05) is 19.6 Å². The van der Waals surface area contributed by atoms with E-state index in [0.29, 0.717) is 0 Å². The minimum Gasteiger partial charge on any atom is -0.385 e. The fraction of sp³-hybridized carbons (Fsp3) is 0.524. The SMILES string of the molecule is COCCC(C)n1cc(C(OCC[Si](C)(C)C)c2ccnc3[nH]ccc23)cn1. The number of rotatable bonds is 10. The van der Waals surface area contributed by atoms with Crippen molar-refractivity contribution in [2.75, 3.05) is 20.3 Å². The fourth-order valence-corrected chi connectivity index (χ4v) is 3.94. The van der Waals surface area contributed by atoms with Gasteiger partial charge in [-0.05, 0) is 37.1 Å². The molecule has 0 aromatic carbocycles. The van der Waals surface area contributed by atoms with E-state index in [2.05, 4.69) is 60.0 Å². The molecule has 0 saturated carbocycles. The van der Waals surface area contributed by atoms with Crippen molar-refractivity contribution in [3.8, 4) is 0 Å². The maximum Gasteiger partial charge on any atom is 0.137 e. The summed E-state index contributed by atoms with van der Waals surface area (Å²) in [6, 6.07) is 5.53. The van der Waals surface area contributed by atoms with Crippen LogP contribution < -0.4 is 0 Å². The van der Waals surface area contributed by atoms with Gasteiger partial charge < -0.3 is 14.5 Å². The van der Waals surface area contributed by atoms with Crippen LogP contribution in [0.25, 0.3) is 11.0 Å². The molecule has 28 heavy (non-hydrogen) atoms. The lowest BCUT2D eigenvalue weighted by Gasteiger charge is -2.21. The molecule has 0 aliphatic carbocycles. The van der Waals surface area contributed by atoms with Crippen molar-refractivity contribution in [2.24, 2.45) is 0 Å². The van der Waals surface area contributed by atoms with Crippen LogP contribution in [0.15, 0.2) is 36.9 Å². The summed E-state index contributed by atoms with van der Waals surface area (Å²) in [7, 11) is 0.559. The van der Waals surface area contributed by atoms with Gasteiger partial charge in [0.05, 0.1) is 12.2 Å². The minimum atomic E-state index is -1.17. The van der Waals surface area contributed by atoms with Crippen LogP contribution in [-0.2, 0) is 9.47 Å². The Balaban J connectivity index is 1.88. The van der Waals surface area contributed by atoms with Crippen molar-refractivity contribution in [3.63, 3.8) is 0 Å². The summed E-state index contributed by atoms with van der Waals surface area (Å²) >= 11 is 0. The number of methoxy groups -OCH3 is 1. The van der Waals surface area contributed by atoms with Crippen molar-refractivity contribution in [1.82, 2.24) is 19.7 Å². The summed E-state index contributed by atoms with van der Waals surface area (Å²) in [6.07, 6.45) is 8.59. The Labute approximate surface area is 168 Å². The number of ether oxygens (including phenoxy) is 2. The lowest BCUT2D eigenvalue weighted by atomic mass is 10.0. The van der Waals surface area contributed by atoms with E-state index < -0.39 is 8.07 Å². The van der Waals surface area contributed by atoms with Crippen LogP contribution in [-0.4, -0.2) is 48.1 Å². The first-order valence-electron chi connectivity index (χ1n) is 9.95. The average molecular weight is 401 g/mol. The molecule has 6 nitrogen and oxygen atoms in total. The molecule has 3 aromatic rings. The molecule has 2 atom stereocenters. The molecule has 0 amide bonds. The Morgan fingerprint density at radius 2 is 2.04 bits per heavy atom. The number of nitrogens with one attached hydrogen (secondary N) is 1. The number of nitrogens with zero attached hydrogens (tertiary/aromatic N) is 3. The molecule has 0 aliphatic heterocycles. The number of H-pyrrole nitrogens is 1. The summed E-state index contributed by atoms with van der Waals surface area (Å²) < 4.78 is 13.7. The fourth-order valence-electron chi connectivity index (χ4n) is 3.21. The Morgan fingerprint density at radius 3 is 2.79 bits per heavy atom. The van der Waals surface area contributed by atoms with E-state index in [1.165, 1.54) is 0 Å². The molecule has 0 bridgehead atoms. The molecule has 152 valence electrons. The first-order chi connectivity index (χ1) is 13.4. The van der Waals surface area contributed by atoms with Crippen molar-refractivity contribution in [3.05, 3.63) is 48.0 Å². The van der Waals surface area contributed by atoms with Gasteiger partial charge in [0.15, 0.2) is 0 Å². The van der Waals surface area contributed by atoms with Gasteiger partial charge in [0.1, 0.15) is 11.8 Å². The standard InChI is InChI=1S/C21H32N4O2Si/c1-16(8-11-26-2)25-15-17(14-24-25)20(27-12-13-28(3,4)5)18-6-9-22-21-19(18)7-10-23-21/h6-7,9-10,14-16,20H,8,11-13H2,1-5H3,(H,22,23). The first kappa shape index (κ1) is 20.8. The molecule has 0 saturated heterocycles. The Hall–Kier alpha value is -1.96. The van der Waals surface area contributed by atoms with E-state index in [4.69, 9.17) is 9.47 Å². The first-order valence-corrected chi connectivity index (χ1v) is 13.7. The lowest BCUT2D eigenvalue weighted by Crippen LogP contribution is -2.22. The zero-order valence-electron chi connectivity index (χ0n) is 17.6. The molecular formula is C21H32N4O2Si. The number of hydrogen-bond donors (Lipinski definition) is 1. The summed E-state index contributed by atoms with van der Waals surface area (Å²) in [5.74, 6) is 0. The molecule has 0 radical (unpaired) electrons. The third-order valence-electron chi connectivity index (χ3n) is 5.03. The van der Waals surface area contributed by atoms with E-state index in [9.17, 15) is 0 Å². The summed E-state index contributed by atoms with van der Waals surface area (Å²) in [6.45, 7) is 10.8. The van der Waals surface area contributed by atoms with Gasteiger partial charge in [0.25, 0.3) is 0 Å². The molecule has 2 unspecified atom stereocenters. The van der Waals surface area contributed by atoms with E-state index in [1.54, 1.807) is 7.11 Å². The van der Waals surface area contributed by atoms with Gasteiger partial charge in [-0.2, -0.15) is 5.10 Å². The molecule has 0 spiro atoms. The highest BCUT2D eigenvalue weighted by Gasteiger charge is 2.22. The van der Waals surface area contributed by atoms with Crippen LogP contribution in [0.1, 0.15) is 36.6 Å². The Bertz CT molecular complexity index is 884. The summed E-state index contributed by atoms with van der Waals surface area (Å²) in [5, 5.41) is 5.70. The third-order valence-corrected chi connectivity index (χ3v) is 6.73. The topological polar surface area (TPSA) is 65.0 Å². The molecule has 3 rings (SSSR count). The summed E-state index contributed by atoms with van der Waals surface area (Å²) in [5.41, 5.74) is 3.09. The molecule has 0 fully saturated rings. The number of fused-ring (bicyclic) bond motifs is 1. The molecule has 0 aliphatic rings. The second-order valence-electron chi connectivity index (χ2n) is 8.59. The highest BCUT2D eigenvalue weighted by molar-refractivity contribution is 6.76. The monoisotopic (exact) mass is 400 g/mol. The number of aromatic nitrogens is 4. The van der Waals surface area contributed by atoms with Crippen molar-refractivity contribution in [2.45, 2.75) is 51.2 Å². The predicted octanol–water partition coefficient (Wildman–Crippen LogP) is 4.80. The highest BCUT2D eigenvalue weighted by atomic mass is 28.3. The van der Waals surface area contributed by atoms with Gasteiger partial charge >= 0.3 is 0 Å². The van der Waals surface area contributed by atoms with Crippen LogP contribution >= 0.6 is 0 Å². The van der Waals surface area contributed by atoms with Gasteiger partial charge in [-0.3, -0.25) is 4.68 Å². The molecular weight excluding hydrogens is 368 g/mol. The quantitative estimate of drug-likeness (QED) is 0.496. The maximum absolute atomic E-state index is 6.46. The second-order valence-corrected chi connectivity index (χ2v) is 14.2. The van der Waals surface area contributed by atoms with Crippen LogP contribution in [0, 0.1) is 0 Å². The highest BCUT2D eigenvalue weighted by Crippen LogP contribution is 2.32. The molecule has 7 heteroatoms. The van der Waals surface area contributed by atoms with Crippen LogP contribution in [0.4, 0.5) is 0 Å². The van der Waals surface area contributed by atoms with Gasteiger partial charge in [-0.15, -0.1) is 0 Å². The van der Waals surface area contributed by atoms with E-state index in [-0.39, 0.29) is 12.1 Å². The van der Waals surface area contributed by atoms with Crippen LogP contribution in [0.2, 0.25) is 25.7 Å². The Morgan fingerprint density at radius 1 is 1.21 bits per heavy atom. The second kappa shape index (κ2) is 9.02. The Kier molecular flexibility index (Phi) is 6.69. The summed E-state index contributed by atoms with van der Waals surface area (Å²) in [4.78, 5) is 7.62. The number of aromatic amines is 1. The van der Waals surface area contributed by atoms with Crippen molar-refractivity contribution in [1.29, 1.82) is 0 Å². The zero-order chi connectivity index (χ0) is 20.1. The molecule has 1 N–H and O–H groups in total. The minimum absolute atomic E-state index is 0.152. The van der Waals surface area contributed by atoms with Crippen LogP contribution in [0.3, 0.4) is 0 Å². The third kappa shape index (κ3) is 5.10. The molecule has 3 aromatic heterocycles. The number of hydrogen-bond acceptors (Lipinski definition) is 4. The van der Waals surface area contributed by atoms with E-state index in [0.717, 1.165) is 47.8 Å². The number of pyridine rings is 1. The molecule has 3 heterocycles. The van der Waals surface area contributed by atoms with Gasteiger partial charge in [0, 0.05) is 57.9 Å². The van der Waals surface area contributed by atoms with Crippen molar-refractivity contribution < 1.29 is 9.47 Å². The van der Waals surface area contributed by atoms with E-state index in [1.807, 2.05) is 23.3 Å². The normalized spacial score (nSPS) is 14.5. The zero-order valence-corrected chi connectivity index (χ0v) is 18.6. The average Bonchev–Trinajstić information content (AvgIpc) is 3.31. The van der Waals surface area contributed by atoms with Gasteiger partial charge in [0.2, 0.25) is 0 Å². The predicted molar refractivity (Wildman–Crippen MR) is 115 cm³/mol. The largest absolute Gasteiger partial charge is 0.385 e. The van der Waals surface area contributed by atoms with Crippen LogP contribution in [0.5, 0.6) is 0 Å². The van der Waals surface area contributed by atoms with Gasteiger partial charge in [-0.25, -0.2) is 4.98 Å².